The summed E-state index contributed by atoms with van der Waals surface area (Å²) in [6.07, 6.45) is 2.18. The zero-order chi connectivity index (χ0) is 17.4. The van der Waals surface area contributed by atoms with Crippen LogP contribution >= 0.6 is 0 Å². The van der Waals surface area contributed by atoms with Gasteiger partial charge in [-0.15, -0.1) is 0 Å². The number of benzene rings is 2. The fourth-order valence-electron chi connectivity index (χ4n) is 3.89. The Morgan fingerprint density at radius 2 is 1.96 bits per heavy atom. The Morgan fingerprint density at radius 3 is 2.80 bits per heavy atom. The van der Waals surface area contributed by atoms with Crippen LogP contribution in [0.1, 0.15) is 45.9 Å². The number of carbonyl (C=O) groups is 1. The highest BCUT2D eigenvalue weighted by Gasteiger charge is 2.27. The Kier molecular flexibility index (Phi) is 4.08. The first-order valence-corrected chi connectivity index (χ1v) is 9.06. The summed E-state index contributed by atoms with van der Waals surface area (Å²) in [5.74, 6) is 0.546. The average Bonchev–Trinajstić information content (AvgIpc) is 3.05. The van der Waals surface area contributed by atoms with E-state index in [1.165, 1.54) is 22.2 Å². The lowest BCUT2D eigenvalue weighted by Crippen LogP contribution is -2.39. The molecular weight excluding hydrogens is 308 g/mol. The minimum absolute atomic E-state index is 0.162. The van der Waals surface area contributed by atoms with Crippen LogP contribution in [0.5, 0.6) is 0 Å². The van der Waals surface area contributed by atoms with Gasteiger partial charge in [0.25, 0.3) is 5.91 Å². The van der Waals surface area contributed by atoms with Crippen LogP contribution in [-0.4, -0.2) is 28.9 Å². The van der Waals surface area contributed by atoms with Crippen LogP contribution in [-0.2, 0) is 0 Å². The lowest BCUT2D eigenvalue weighted by Gasteiger charge is -2.32. The summed E-state index contributed by atoms with van der Waals surface area (Å²) in [6, 6.07) is 16.6. The van der Waals surface area contributed by atoms with Crippen molar-refractivity contribution in [3.8, 4) is 0 Å². The molecule has 4 rings (SSSR count). The number of hydrogen-bond donors (Lipinski definition) is 1. The molecule has 1 aromatic heterocycles. The van der Waals surface area contributed by atoms with Gasteiger partial charge in [-0.2, -0.15) is 0 Å². The highest BCUT2D eigenvalue weighted by molar-refractivity contribution is 5.95. The van der Waals surface area contributed by atoms with Gasteiger partial charge in [0.15, 0.2) is 0 Å². The highest BCUT2D eigenvalue weighted by atomic mass is 16.2. The van der Waals surface area contributed by atoms with Gasteiger partial charge < -0.3 is 9.88 Å². The first-order valence-electron chi connectivity index (χ1n) is 9.06. The number of aromatic amines is 1. The standard InChI is InChI=1S/C22H24N2O/c1-15-9-10-20-18(12-15)13-21(23-20)17-7-5-11-24(14-17)22(25)19-8-4-3-6-16(19)2/h3-4,6,8-10,12-13,17,23H,5,7,11,14H2,1-2H3. The van der Waals surface area contributed by atoms with Gasteiger partial charge in [0.2, 0.25) is 0 Å². The summed E-state index contributed by atoms with van der Waals surface area (Å²) in [4.78, 5) is 18.5. The van der Waals surface area contributed by atoms with E-state index >= 15 is 0 Å². The average molecular weight is 332 g/mol. The van der Waals surface area contributed by atoms with Crippen molar-refractivity contribution < 1.29 is 4.79 Å². The van der Waals surface area contributed by atoms with Crippen molar-refractivity contribution in [3.05, 3.63) is 70.9 Å². The zero-order valence-electron chi connectivity index (χ0n) is 14.9. The van der Waals surface area contributed by atoms with Crippen LogP contribution in [0.3, 0.4) is 0 Å². The maximum Gasteiger partial charge on any atom is 0.254 e. The van der Waals surface area contributed by atoms with E-state index in [4.69, 9.17) is 0 Å². The number of aryl methyl sites for hydroxylation is 2. The van der Waals surface area contributed by atoms with Crippen molar-refractivity contribution in [1.82, 2.24) is 9.88 Å². The van der Waals surface area contributed by atoms with E-state index in [9.17, 15) is 4.79 Å². The molecule has 0 bridgehead atoms. The number of nitrogens with zero attached hydrogens (tertiary/aromatic N) is 1. The number of piperidine rings is 1. The Bertz CT molecular complexity index is 925. The Hall–Kier alpha value is -2.55. The van der Waals surface area contributed by atoms with Crippen LogP contribution in [0, 0.1) is 13.8 Å². The number of fused-ring (bicyclic) bond motifs is 1. The number of rotatable bonds is 2. The first kappa shape index (κ1) is 15.9. The number of nitrogens with one attached hydrogen (secondary N) is 1. The van der Waals surface area contributed by atoms with Crippen molar-refractivity contribution in [2.45, 2.75) is 32.6 Å². The van der Waals surface area contributed by atoms with Crippen molar-refractivity contribution >= 4 is 16.8 Å². The molecule has 1 amide bonds. The van der Waals surface area contributed by atoms with Crippen molar-refractivity contribution in [1.29, 1.82) is 0 Å². The predicted molar refractivity (Wildman–Crippen MR) is 102 cm³/mol. The van der Waals surface area contributed by atoms with Crippen LogP contribution in [0.4, 0.5) is 0 Å². The normalized spacial score (nSPS) is 17.8. The molecule has 2 aromatic carbocycles. The molecule has 1 aliphatic rings. The molecule has 128 valence electrons. The number of amides is 1. The van der Waals surface area contributed by atoms with Gasteiger partial charge in [0.05, 0.1) is 0 Å². The second kappa shape index (κ2) is 6.40. The van der Waals surface area contributed by atoms with E-state index < -0.39 is 0 Å². The highest BCUT2D eigenvalue weighted by Crippen LogP contribution is 2.30. The second-order valence-corrected chi connectivity index (χ2v) is 7.22. The number of aromatic nitrogens is 1. The molecule has 0 spiro atoms. The number of hydrogen-bond acceptors (Lipinski definition) is 1. The van der Waals surface area contributed by atoms with E-state index in [-0.39, 0.29) is 5.91 Å². The SMILES string of the molecule is Cc1ccc2[nH]c(C3CCCN(C(=O)c4ccccc4C)C3)cc2c1. The van der Waals surface area contributed by atoms with Gasteiger partial charge in [-0.3, -0.25) is 4.79 Å². The Labute approximate surface area is 148 Å². The third kappa shape index (κ3) is 3.07. The molecule has 0 radical (unpaired) electrons. The summed E-state index contributed by atoms with van der Waals surface area (Å²) in [6.45, 7) is 5.77. The Morgan fingerprint density at radius 1 is 1.12 bits per heavy atom. The van der Waals surface area contributed by atoms with Crippen LogP contribution < -0.4 is 0 Å². The molecule has 3 aromatic rings. The third-order valence-corrected chi connectivity index (χ3v) is 5.32. The van der Waals surface area contributed by atoms with Gasteiger partial charge in [-0.25, -0.2) is 0 Å². The quantitative estimate of drug-likeness (QED) is 0.718. The molecule has 25 heavy (non-hydrogen) atoms. The number of carbonyl (C=O) groups excluding carboxylic acids is 1. The maximum atomic E-state index is 12.9. The van der Waals surface area contributed by atoms with Gasteiger partial charge >= 0.3 is 0 Å². The van der Waals surface area contributed by atoms with Gasteiger partial charge in [0.1, 0.15) is 0 Å². The molecule has 2 heterocycles. The molecule has 1 N–H and O–H groups in total. The van der Waals surface area contributed by atoms with Crippen molar-refractivity contribution in [2.24, 2.45) is 0 Å². The lowest BCUT2D eigenvalue weighted by molar-refractivity contribution is 0.0705. The fraction of sp³-hybridized carbons (Fsp3) is 0.318. The molecule has 3 nitrogen and oxygen atoms in total. The number of likely N-dealkylation sites (tertiary alicyclic amines) is 1. The van der Waals surface area contributed by atoms with E-state index in [0.29, 0.717) is 5.92 Å². The van der Waals surface area contributed by atoms with E-state index in [2.05, 4.69) is 36.2 Å². The van der Waals surface area contributed by atoms with Crippen molar-refractivity contribution in [3.63, 3.8) is 0 Å². The molecular formula is C22H24N2O. The molecule has 1 aliphatic heterocycles. The molecule has 3 heteroatoms. The summed E-state index contributed by atoms with van der Waals surface area (Å²) in [5, 5.41) is 1.26. The minimum atomic E-state index is 0.162. The third-order valence-electron chi connectivity index (χ3n) is 5.32. The summed E-state index contributed by atoms with van der Waals surface area (Å²) < 4.78 is 0. The molecule has 1 atom stereocenters. The second-order valence-electron chi connectivity index (χ2n) is 7.22. The maximum absolute atomic E-state index is 12.9. The first-order chi connectivity index (χ1) is 12.1. The van der Waals surface area contributed by atoms with Gasteiger partial charge in [-0.05, 0) is 61.9 Å². The molecule has 1 fully saturated rings. The summed E-state index contributed by atoms with van der Waals surface area (Å²) in [7, 11) is 0. The largest absolute Gasteiger partial charge is 0.358 e. The summed E-state index contributed by atoms with van der Waals surface area (Å²) >= 11 is 0. The van der Waals surface area contributed by atoms with Gasteiger partial charge in [-0.1, -0.05) is 29.8 Å². The van der Waals surface area contributed by atoms with E-state index in [1.54, 1.807) is 0 Å². The number of H-pyrrole nitrogens is 1. The van der Waals surface area contributed by atoms with Crippen LogP contribution in [0.2, 0.25) is 0 Å². The minimum Gasteiger partial charge on any atom is -0.358 e. The fourth-order valence-corrected chi connectivity index (χ4v) is 3.89. The van der Waals surface area contributed by atoms with E-state index in [1.807, 2.05) is 36.1 Å². The molecule has 0 saturated carbocycles. The predicted octanol–water partition coefficient (Wildman–Crippen LogP) is 4.80. The molecule has 1 unspecified atom stereocenters. The zero-order valence-corrected chi connectivity index (χ0v) is 14.9. The monoisotopic (exact) mass is 332 g/mol. The van der Waals surface area contributed by atoms with Crippen LogP contribution in [0.15, 0.2) is 48.5 Å². The molecule has 0 aliphatic carbocycles. The Balaban J connectivity index is 1.58. The topological polar surface area (TPSA) is 36.1 Å². The van der Waals surface area contributed by atoms with Crippen molar-refractivity contribution in [2.75, 3.05) is 13.1 Å². The van der Waals surface area contributed by atoms with Gasteiger partial charge in [0, 0.05) is 35.8 Å². The smallest absolute Gasteiger partial charge is 0.254 e. The van der Waals surface area contributed by atoms with Crippen LogP contribution in [0.25, 0.3) is 10.9 Å². The lowest BCUT2D eigenvalue weighted by atomic mass is 9.94. The van der Waals surface area contributed by atoms with E-state index in [0.717, 1.165) is 37.1 Å². The molecule has 1 saturated heterocycles. The summed E-state index contributed by atoms with van der Waals surface area (Å²) in [5.41, 5.74) is 5.59.